The minimum absolute atomic E-state index is 0.207. The van der Waals surface area contributed by atoms with Crippen LogP contribution in [-0.2, 0) is 6.54 Å². The van der Waals surface area contributed by atoms with Crippen molar-refractivity contribution in [1.82, 2.24) is 15.3 Å². The van der Waals surface area contributed by atoms with Gasteiger partial charge in [-0.05, 0) is 12.1 Å². The molecule has 0 aliphatic rings. The molecule has 0 atom stereocenters. The number of urea groups is 1. The van der Waals surface area contributed by atoms with E-state index in [1.165, 1.54) is 0 Å². The standard InChI is InChI=1S/C16H14N4O2/c21-16(20-13-7-4-8-17-9-13)19-11-15-18-10-14(22-15)12-5-2-1-3-6-12/h1-10H,11H2,(H2,19,20,21). The molecule has 0 aliphatic heterocycles. The number of carbonyl (C=O) groups is 1. The molecule has 0 unspecified atom stereocenters. The van der Waals surface area contributed by atoms with Crippen molar-refractivity contribution < 1.29 is 9.21 Å². The van der Waals surface area contributed by atoms with Gasteiger partial charge in [0.1, 0.15) is 0 Å². The fraction of sp³-hybridized carbons (Fsp3) is 0.0625. The van der Waals surface area contributed by atoms with Gasteiger partial charge in [-0.25, -0.2) is 9.78 Å². The molecule has 0 fully saturated rings. The molecular formula is C16H14N4O2. The Morgan fingerprint density at radius 2 is 1.95 bits per heavy atom. The summed E-state index contributed by atoms with van der Waals surface area (Å²) in [4.78, 5) is 19.8. The summed E-state index contributed by atoms with van der Waals surface area (Å²) in [5.41, 5.74) is 1.57. The third-order valence-corrected chi connectivity index (χ3v) is 2.93. The van der Waals surface area contributed by atoms with E-state index in [-0.39, 0.29) is 12.6 Å². The van der Waals surface area contributed by atoms with E-state index in [9.17, 15) is 4.79 Å². The van der Waals surface area contributed by atoms with E-state index in [2.05, 4.69) is 20.6 Å². The predicted molar refractivity (Wildman–Crippen MR) is 82.0 cm³/mol. The van der Waals surface area contributed by atoms with Crippen LogP contribution >= 0.6 is 0 Å². The highest BCUT2D eigenvalue weighted by Gasteiger charge is 2.07. The molecule has 3 aromatic rings. The maximum Gasteiger partial charge on any atom is 0.319 e. The Morgan fingerprint density at radius 3 is 2.73 bits per heavy atom. The van der Waals surface area contributed by atoms with Gasteiger partial charge in [0, 0.05) is 11.8 Å². The van der Waals surface area contributed by atoms with E-state index in [0.29, 0.717) is 17.3 Å². The Morgan fingerprint density at radius 1 is 1.09 bits per heavy atom. The number of hydrogen-bond acceptors (Lipinski definition) is 4. The SMILES string of the molecule is O=C(NCc1ncc(-c2ccccc2)o1)Nc1cccnc1. The average Bonchev–Trinajstić information content (AvgIpc) is 3.04. The number of nitrogens with one attached hydrogen (secondary N) is 2. The van der Waals surface area contributed by atoms with Gasteiger partial charge in [-0.1, -0.05) is 30.3 Å². The van der Waals surface area contributed by atoms with Crippen LogP contribution in [0.25, 0.3) is 11.3 Å². The van der Waals surface area contributed by atoms with Crippen molar-refractivity contribution in [2.75, 3.05) is 5.32 Å². The van der Waals surface area contributed by atoms with Crippen molar-refractivity contribution in [3.05, 3.63) is 66.9 Å². The quantitative estimate of drug-likeness (QED) is 0.775. The Labute approximate surface area is 127 Å². The summed E-state index contributed by atoms with van der Waals surface area (Å²) >= 11 is 0. The lowest BCUT2D eigenvalue weighted by molar-refractivity contribution is 0.250. The van der Waals surface area contributed by atoms with E-state index in [4.69, 9.17) is 4.42 Å². The number of carbonyl (C=O) groups excluding carboxylic acids is 1. The van der Waals surface area contributed by atoms with Gasteiger partial charge in [0.25, 0.3) is 0 Å². The second kappa shape index (κ2) is 6.53. The molecule has 110 valence electrons. The molecule has 0 saturated heterocycles. The zero-order chi connectivity index (χ0) is 15.2. The van der Waals surface area contributed by atoms with Crippen LogP contribution in [0, 0.1) is 0 Å². The van der Waals surface area contributed by atoms with Crippen LogP contribution in [0.5, 0.6) is 0 Å². The summed E-state index contributed by atoms with van der Waals surface area (Å²) in [6.07, 6.45) is 4.85. The van der Waals surface area contributed by atoms with E-state index in [1.807, 2.05) is 30.3 Å². The lowest BCUT2D eigenvalue weighted by Gasteiger charge is -2.05. The van der Waals surface area contributed by atoms with Gasteiger partial charge in [0.15, 0.2) is 5.76 Å². The molecule has 1 aromatic carbocycles. The number of oxazole rings is 1. The molecule has 0 aliphatic carbocycles. The first-order valence-electron chi connectivity index (χ1n) is 6.76. The fourth-order valence-corrected chi connectivity index (χ4v) is 1.90. The molecule has 22 heavy (non-hydrogen) atoms. The Balaban J connectivity index is 1.56. The summed E-state index contributed by atoms with van der Waals surface area (Å²) in [6, 6.07) is 12.8. The predicted octanol–water partition coefficient (Wildman–Crippen LogP) is 3.06. The highest BCUT2D eigenvalue weighted by atomic mass is 16.4. The second-order valence-electron chi connectivity index (χ2n) is 4.53. The lowest BCUT2D eigenvalue weighted by atomic mass is 10.2. The van der Waals surface area contributed by atoms with Crippen LogP contribution in [-0.4, -0.2) is 16.0 Å². The summed E-state index contributed by atoms with van der Waals surface area (Å²) < 4.78 is 5.60. The summed E-state index contributed by atoms with van der Waals surface area (Å²) in [5, 5.41) is 5.35. The molecule has 0 spiro atoms. The smallest absolute Gasteiger partial charge is 0.319 e. The topological polar surface area (TPSA) is 80.0 Å². The molecule has 2 heterocycles. The minimum atomic E-state index is -0.340. The van der Waals surface area contributed by atoms with Crippen LogP contribution in [0.4, 0.5) is 10.5 Å². The maximum atomic E-state index is 11.7. The van der Waals surface area contributed by atoms with Crippen molar-refractivity contribution in [3.63, 3.8) is 0 Å². The molecule has 2 N–H and O–H groups in total. The van der Waals surface area contributed by atoms with Gasteiger partial charge in [0.2, 0.25) is 5.89 Å². The van der Waals surface area contributed by atoms with Crippen molar-refractivity contribution in [1.29, 1.82) is 0 Å². The molecule has 6 heteroatoms. The van der Waals surface area contributed by atoms with Crippen molar-refractivity contribution in [3.8, 4) is 11.3 Å². The van der Waals surface area contributed by atoms with E-state index < -0.39 is 0 Å². The van der Waals surface area contributed by atoms with Gasteiger partial charge in [0.05, 0.1) is 24.6 Å². The monoisotopic (exact) mass is 294 g/mol. The number of pyridine rings is 1. The number of hydrogen-bond donors (Lipinski definition) is 2. The largest absolute Gasteiger partial charge is 0.439 e. The van der Waals surface area contributed by atoms with Crippen molar-refractivity contribution in [2.24, 2.45) is 0 Å². The highest BCUT2D eigenvalue weighted by Crippen LogP contribution is 2.19. The summed E-state index contributed by atoms with van der Waals surface area (Å²) in [7, 11) is 0. The molecule has 0 bridgehead atoms. The summed E-state index contributed by atoms with van der Waals surface area (Å²) in [5.74, 6) is 1.12. The normalized spacial score (nSPS) is 10.2. The van der Waals surface area contributed by atoms with E-state index >= 15 is 0 Å². The van der Waals surface area contributed by atoms with Crippen molar-refractivity contribution >= 4 is 11.7 Å². The zero-order valence-corrected chi connectivity index (χ0v) is 11.7. The summed E-state index contributed by atoms with van der Waals surface area (Å²) in [6.45, 7) is 0.207. The molecular weight excluding hydrogens is 280 g/mol. The highest BCUT2D eigenvalue weighted by molar-refractivity contribution is 5.88. The zero-order valence-electron chi connectivity index (χ0n) is 11.7. The van der Waals surface area contributed by atoms with Crippen molar-refractivity contribution in [2.45, 2.75) is 6.54 Å². The molecule has 6 nitrogen and oxygen atoms in total. The maximum absolute atomic E-state index is 11.7. The first-order valence-corrected chi connectivity index (χ1v) is 6.76. The van der Waals surface area contributed by atoms with Crippen LogP contribution in [0.15, 0.2) is 65.5 Å². The Kier molecular flexibility index (Phi) is 4.10. The first-order chi connectivity index (χ1) is 10.8. The third kappa shape index (κ3) is 3.49. The number of nitrogens with zero attached hydrogens (tertiary/aromatic N) is 2. The number of anilines is 1. The van der Waals surface area contributed by atoms with Crippen LogP contribution in [0.2, 0.25) is 0 Å². The molecule has 2 aromatic heterocycles. The van der Waals surface area contributed by atoms with Gasteiger partial charge in [-0.3, -0.25) is 4.98 Å². The first kappa shape index (κ1) is 13.8. The molecule has 3 rings (SSSR count). The third-order valence-electron chi connectivity index (χ3n) is 2.93. The van der Waals surface area contributed by atoms with Gasteiger partial charge in [-0.2, -0.15) is 0 Å². The van der Waals surface area contributed by atoms with Gasteiger partial charge in [-0.15, -0.1) is 0 Å². The molecule has 0 saturated carbocycles. The Hall–Kier alpha value is -3.15. The Bertz CT molecular complexity index is 741. The van der Waals surface area contributed by atoms with Crippen LogP contribution in [0.3, 0.4) is 0 Å². The number of rotatable bonds is 4. The number of aromatic nitrogens is 2. The fourth-order valence-electron chi connectivity index (χ4n) is 1.90. The second-order valence-corrected chi connectivity index (χ2v) is 4.53. The number of amides is 2. The van der Waals surface area contributed by atoms with E-state index in [0.717, 1.165) is 5.56 Å². The number of benzene rings is 1. The minimum Gasteiger partial charge on any atom is -0.439 e. The van der Waals surface area contributed by atoms with Crippen LogP contribution < -0.4 is 10.6 Å². The average molecular weight is 294 g/mol. The van der Waals surface area contributed by atoms with Gasteiger partial charge < -0.3 is 15.1 Å². The van der Waals surface area contributed by atoms with Crippen LogP contribution in [0.1, 0.15) is 5.89 Å². The van der Waals surface area contributed by atoms with E-state index in [1.54, 1.807) is 30.7 Å². The molecule has 0 radical (unpaired) electrons. The molecule has 2 amide bonds. The lowest BCUT2D eigenvalue weighted by Crippen LogP contribution is -2.28. The van der Waals surface area contributed by atoms with Gasteiger partial charge >= 0.3 is 6.03 Å².